The van der Waals surface area contributed by atoms with Gasteiger partial charge in [-0.3, -0.25) is 0 Å². The smallest absolute Gasteiger partial charge is 0.410 e. The number of likely N-dealkylation sites (tertiary alicyclic amines) is 1. The number of hydrogen-bond acceptors (Lipinski definition) is 5. The number of aliphatic hydroxyl groups excluding tert-OH is 1. The molecule has 3 unspecified atom stereocenters. The second-order valence-electron chi connectivity index (χ2n) is 11.7. The Labute approximate surface area is 219 Å². The van der Waals surface area contributed by atoms with Gasteiger partial charge in [-0.25, -0.2) is 4.79 Å². The van der Waals surface area contributed by atoms with E-state index in [1.807, 2.05) is 65.8 Å². The topological polar surface area (TPSA) is 84.9 Å². The van der Waals surface area contributed by atoms with E-state index in [0.29, 0.717) is 25.8 Å². The molecule has 1 amide bonds. The third kappa shape index (κ3) is 7.25. The van der Waals surface area contributed by atoms with Gasteiger partial charge in [0, 0.05) is 24.5 Å². The Balaban J connectivity index is 2.03. The molecule has 3 atom stereocenters. The average Bonchev–Trinajstić information content (AvgIpc) is 2.79. The summed E-state index contributed by atoms with van der Waals surface area (Å²) < 4.78 is 22.1. The van der Waals surface area contributed by atoms with E-state index in [4.69, 9.17) is 4.74 Å². The van der Waals surface area contributed by atoms with Crippen LogP contribution in [0.15, 0.2) is 54.6 Å². The Bertz CT molecular complexity index is 998. The van der Waals surface area contributed by atoms with Gasteiger partial charge in [-0.15, -0.1) is 4.72 Å². The van der Waals surface area contributed by atoms with Crippen LogP contribution in [0.4, 0.5) is 4.79 Å². The summed E-state index contributed by atoms with van der Waals surface area (Å²) >= 11 is -1.38. The van der Waals surface area contributed by atoms with Crippen LogP contribution < -0.4 is 4.72 Å². The summed E-state index contributed by atoms with van der Waals surface area (Å²) in [5, 5.41) is 10.1. The van der Waals surface area contributed by atoms with E-state index >= 15 is 0 Å². The molecule has 3 rings (SSSR count). The quantitative estimate of drug-likeness (QED) is 0.479. The zero-order valence-electron chi connectivity index (χ0n) is 22.5. The van der Waals surface area contributed by atoms with Crippen molar-refractivity contribution < 1.29 is 19.2 Å². The van der Waals surface area contributed by atoms with Gasteiger partial charge in [0.1, 0.15) is 10.3 Å². The fourth-order valence-electron chi connectivity index (χ4n) is 4.76. The van der Waals surface area contributed by atoms with Crippen molar-refractivity contribution >= 4 is 17.5 Å². The van der Waals surface area contributed by atoms with Crippen molar-refractivity contribution in [3.8, 4) is 11.1 Å². The lowest BCUT2D eigenvalue weighted by molar-refractivity contribution is -0.0116. The maximum atomic E-state index is 13.4. The SMILES string of the molecule is CC(C)(C)OC(=O)N1CCCC(CCO)(N[S+]([O-])C(C)(C)C)C1Cc1cccc(-c2ccccc2)c1. The number of benzene rings is 2. The Morgan fingerprint density at radius 1 is 1.11 bits per heavy atom. The predicted octanol–water partition coefficient (Wildman–Crippen LogP) is 5.47. The lowest BCUT2D eigenvalue weighted by Gasteiger charge is -2.50. The molecule has 1 heterocycles. The van der Waals surface area contributed by atoms with Crippen molar-refractivity contribution in [3.63, 3.8) is 0 Å². The number of nitrogens with zero attached hydrogens (tertiary/aromatic N) is 1. The van der Waals surface area contributed by atoms with E-state index < -0.39 is 27.2 Å². The molecule has 1 saturated heterocycles. The molecule has 2 aromatic carbocycles. The van der Waals surface area contributed by atoms with Crippen molar-refractivity contribution in [3.05, 3.63) is 60.2 Å². The van der Waals surface area contributed by atoms with Crippen LogP contribution in [0.5, 0.6) is 0 Å². The summed E-state index contributed by atoms with van der Waals surface area (Å²) in [5.74, 6) is 0. The van der Waals surface area contributed by atoms with Crippen LogP contribution in [-0.4, -0.2) is 55.7 Å². The first kappa shape index (κ1) is 28.5. The van der Waals surface area contributed by atoms with Gasteiger partial charge < -0.3 is 19.3 Å². The van der Waals surface area contributed by atoms with E-state index in [1.165, 1.54) is 0 Å². The average molecular weight is 515 g/mol. The molecule has 0 saturated carbocycles. The van der Waals surface area contributed by atoms with Crippen LogP contribution in [0.25, 0.3) is 11.1 Å². The molecule has 0 aromatic heterocycles. The standard InChI is InChI=1S/C29H42N2O4S/c1-27(2,3)35-26(33)31-18-11-16-29(17-19-32,30-36(34)28(4,5)6)25(31)21-22-12-10-15-24(20-22)23-13-8-7-9-14-23/h7-10,12-15,20,25,30,32H,11,16-19,21H2,1-6H3. The third-order valence-corrected chi connectivity index (χ3v) is 8.24. The van der Waals surface area contributed by atoms with E-state index in [0.717, 1.165) is 23.1 Å². The zero-order chi connectivity index (χ0) is 26.6. The number of aliphatic hydroxyl groups is 1. The zero-order valence-corrected chi connectivity index (χ0v) is 23.4. The van der Waals surface area contributed by atoms with E-state index in [1.54, 1.807) is 4.90 Å². The minimum Gasteiger partial charge on any atom is -0.598 e. The molecule has 1 fully saturated rings. The Kier molecular flexibility index (Phi) is 9.15. The largest absolute Gasteiger partial charge is 0.598 e. The Hall–Kier alpha value is -2.06. The lowest BCUT2D eigenvalue weighted by atomic mass is 9.76. The molecule has 1 aliphatic rings. The third-order valence-electron chi connectivity index (χ3n) is 6.54. The van der Waals surface area contributed by atoms with Crippen molar-refractivity contribution in [1.82, 2.24) is 9.62 Å². The summed E-state index contributed by atoms with van der Waals surface area (Å²) in [6, 6.07) is 18.2. The van der Waals surface area contributed by atoms with Gasteiger partial charge in [0.2, 0.25) is 0 Å². The van der Waals surface area contributed by atoms with Crippen LogP contribution >= 0.6 is 0 Å². The fraction of sp³-hybridized carbons (Fsp3) is 0.552. The molecule has 198 valence electrons. The first-order valence-corrected chi connectivity index (χ1v) is 13.9. The minimum absolute atomic E-state index is 0.0724. The summed E-state index contributed by atoms with van der Waals surface area (Å²) in [7, 11) is 0. The van der Waals surface area contributed by atoms with E-state index in [9.17, 15) is 14.5 Å². The highest BCUT2D eigenvalue weighted by Gasteiger charge is 2.51. The van der Waals surface area contributed by atoms with Gasteiger partial charge in [-0.05, 0) is 83.9 Å². The second kappa shape index (κ2) is 11.5. The second-order valence-corrected chi connectivity index (χ2v) is 13.6. The van der Waals surface area contributed by atoms with Gasteiger partial charge in [-0.1, -0.05) is 54.6 Å². The molecule has 0 bridgehead atoms. The normalized spacial score (nSPS) is 21.8. The van der Waals surface area contributed by atoms with Gasteiger partial charge in [0.15, 0.2) is 0 Å². The van der Waals surface area contributed by atoms with Crippen LogP contribution in [0.1, 0.15) is 66.4 Å². The highest BCUT2D eigenvalue weighted by atomic mass is 32.2. The first-order valence-electron chi connectivity index (χ1n) is 12.8. The van der Waals surface area contributed by atoms with Crippen LogP contribution in [0.2, 0.25) is 0 Å². The Morgan fingerprint density at radius 2 is 1.78 bits per heavy atom. The van der Waals surface area contributed by atoms with E-state index in [-0.39, 0.29) is 18.7 Å². The van der Waals surface area contributed by atoms with Gasteiger partial charge >= 0.3 is 6.09 Å². The molecule has 2 aromatic rings. The maximum absolute atomic E-state index is 13.4. The number of hydrogen-bond donors (Lipinski definition) is 2. The summed E-state index contributed by atoms with van der Waals surface area (Å²) in [6.45, 7) is 11.8. The minimum atomic E-state index is -1.38. The molecule has 0 aliphatic carbocycles. The number of nitrogens with one attached hydrogen (secondary N) is 1. The predicted molar refractivity (Wildman–Crippen MR) is 147 cm³/mol. The summed E-state index contributed by atoms with van der Waals surface area (Å²) in [5.41, 5.74) is 1.95. The van der Waals surface area contributed by atoms with Gasteiger partial charge in [-0.2, -0.15) is 0 Å². The van der Waals surface area contributed by atoms with Crippen molar-refractivity contribution in [2.45, 2.75) is 89.2 Å². The molecular weight excluding hydrogens is 472 g/mol. The van der Waals surface area contributed by atoms with E-state index in [2.05, 4.69) is 35.1 Å². The van der Waals surface area contributed by atoms with Gasteiger partial charge in [0.25, 0.3) is 0 Å². The maximum Gasteiger partial charge on any atom is 0.410 e. The number of carbonyl (C=O) groups is 1. The number of piperidine rings is 1. The molecule has 7 heteroatoms. The van der Waals surface area contributed by atoms with Crippen molar-refractivity contribution in [2.24, 2.45) is 0 Å². The first-order chi connectivity index (χ1) is 16.8. The summed E-state index contributed by atoms with van der Waals surface area (Å²) in [4.78, 5) is 15.2. The van der Waals surface area contributed by atoms with Crippen LogP contribution in [-0.2, 0) is 22.5 Å². The van der Waals surface area contributed by atoms with Crippen molar-refractivity contribution in [1.29, 1.82) is 0 Å². The molecule has 36 heavy (non-hydrogen) atoms. The monoisotopic (exact) mass is 514 g/mol. The molecule has 0 radical (unpaired) electrons. The lowest BCUT2D eigenvalue weighted by Crippen LogP contribution is -2.68. The van der Waals surface area contributed by atoms with Crippen LogP contribution in [0, 0.1) is 0 Å². The molecule has 0 spiro atoms. The Morgan fingerprint density at radius 3 is 2.39 bits per heavy atom. The molecular formula is C29H42N2O4S. The highest BCUT2D eigenvalue weighted by Crippen LogP contribution is 2.36. The fourth-order valence-corrected chi connectivity index (χ4v) is 5.78. The molecule has 1 aliphatic heterocycles. The van der Waals surface area contributed by atoms with Crippen LogP contribution in [0.3, 0.4) is 0 Å². The summed E-state index contributed by atoms with van der Waals surface area (Å²) in [6.07, 6.45) is 1.99. The number of ether oxygens (including phenoxy) is 1. The number of carbonyl (C=O) groups excluding carboxylic acids is 1. The number of amides is 1. The number of rotatable bonds is 7. The van der Waals surface area contributed by atoms with Gasteiger partial charge in [0.05, 0.1) is 11.6 Å². The molecule has 2 N–H and O–H groups in total. The van der Waals surface area contributed by atoms with Crippen molar-refractivity contribution in [2.75, 3.05) is 13.2 Å². The highest BCUT2D eigenvalue weighted by molar-refractivity contribution is 7.90. The molecule has 6 nitrogen and oxygen atoms in total.